The number of aromatic nitrogens is 3. The van der Waals surface area contributed by atoms with Crippen LogP contribution in [-0.2, 0) is 6.42 Å². The fraction of sp³-hybridized carbons (Fsp3) is 0.533. The predicted octanol–water partition coefficient (Wildman–Crippen LogP) is 2.99. The van der Waals surface area contributed by atoms with E-state index in [2.05, 4.69) is 22.4 Å². The van der Waals surface area contributed by atoms with E-state index in [1.807, 2.05) is 12.1 Å². The Labute approximate surface area is 128 Å². The van der Waals surface area contributed by atoms with Crippen molar-refractivity contribution in [3.8, 4) is 16.6 Å². The number of hydrogen-bond acceptors (Lipinski definition) is 6. The number of hydrogen-bond donors (Lipinski definition) is 1. The van der Waals surface area contributed by atoms with Crippen LogP contribution in [0.2, 0.25) is 0 Å². The van der Waals surface area contributed by atoms with Crippen LogP contribution in [0.1, 0.15) is 42.8 Å². The van der Waals surface area contributed by atoms with Crippen LogP contribution in [0.25, 0.3) is 10.7 Å². The first-order valence-electron chi connectivity index (χ1n) is 7.43. The van der Waals surface area contributed by atoms with Crippen molar-refractivity contribution >= 4 is 11.3 Å². The molecule has 0 aromatic carbocycles. The first-order chi connectivity index (χ1) is 10.3. The summed E-state index contributed by atoms with van der Waals surface area (Å²) in [5.74, 6) is 0.530. The molecule has 2 heterocycles. The Hall–Kier alpha value is -1.53. The lowest BCUT2D eigenvalue weighted by atomic mass is 9.97. The molecule has 1 unspecified atom stereocenters. The van der Waals surface area contributed by atoms with Gasteiger partial charge in [0, 0.05) is 10.9 Å². The maximum atomic E-state index is 5.05. The Balaban J connectivity index is 1.86. The van der Waals surface area contributed by atoms with Crippen LogP contribution in [0.4, 0.5) is 0 Å². The number of aryl methyl sites for hydroxylation is 1. The van der Waals surface area contributed by atoms with Gasteiger partial charge < -0.3 is 10.1 Å². The minimum Gasteiger partial charge on any atom is -0.480 e. The third-order valence-corrected chi connectivity index (χ3v) is 4.82. The van der Waals surface area contributed by atoms with E-state index in [0.29, 0.717) is 11.9 Å². The molecule has 0 spiro atoms. The zero-order valence-electron chi connectivity index (χ0n) is 12.4. The number of fused-ring (bicyclic) bond motifs is 1. The first-order valence-corrected chi connectivity index (χ1v) is 8.24. The fourth-order valence-corrected chi connectivity index (χ4v) is 3.72. The van der Waals surface area contributed by atoms with Gasteiger partial charge >= 0.3 is 0 Å². The average molecular weight is 304 g/mol. The maximum Gasteiger partial charge on any atom is 0.233 e. The highest BCUT2D eigenvalue weighted by Crippen LogP contribution is 2.36. The molecule has 6 heteroatoms. The van der Waals surface area contributed by atoms with E-state index in [4.69, 9.17) is 9.72 Å². The van der Waals surface area contributed by atoms with E-state index in [1.165, 1.54) is 23.4 Å². The zero-order chi connectivity index (χ0) is 14.7. The third kappa shape index (κ3) is 3.06. The highest BCUT2D eigenvalue weighted by atomic mass is 32.1. The molecule has 5 nitrogen and oxygen atoms in total. The summed E-state index contributed by atoms with van der Waals surface area (Å²) >= 11 is 1.74. The van der Waals surface area contributed by atoms with E-state index < -0.39 is 0 Å². The Morgan fingerprint density at radius 1 is 1.38 bits per heavy atom. The number of nitrogens with zero attached hydrogens (tertiary/aromatic N) is 3. The van der Waals surface area contributed by atoms with Gasteiger partial charge in [-0.3, -0.25) is 0 Å². The quantitative estimate of drug-likeness (QED) is 0.920. The van der Waals surface area contributed by atoms with Gasteiger partial charge in [0.05, 0.1) is 18.8 Å². The summed E-state index contributed by atoms with van der Waals surface area (Å²) < 4.78 is 5.05. The molecule has 0 bridgehead atoms. The number of thiazole rings is 1. The summed E-state index contributed by atoms with van der Waals surface area (Å²) in [4.78, 5) is 6.21. The van der Waals surface area contributed by atoms with Gasteiger partial charge in [-0.15, -0.1) is 21.5 Å². The predicted molar refractivity (Wildman–Crippen MR) is 83.7 cm³/mol. The van der Waals surface area contributed by atoms with Crippen LogP contribution in [0, 0.1) is 0 Å². The molecule has 112 valence electrons. The van der Waals surface area contributed by atoms with Crippen LogP contribution in [0.5, 0.6) is 5.88 Å². The van der Waals surface area contributed by atoms with E-state index in [1.54, 1.807) is 18.4 Å². The molecule has 2 aromatic rings. The molecule has 1 aliphatic carbocycles. The second kappa shape index (κ2) is 6.49. The Kier molecular flexibility index (Phi) is 4.45. The molecule has 0 aliphatic heterocycles. The Bertz CT molecular complexity index is 596. The monoisotopic (exact) mass is 304 g/mol. The van der Waals surface area contributed by atoms with Gasteiger partial charge in [-0.1, -0.05) is 6.92 Å². The molecule has 0 saturated carbocycles. The molecular weight excluding hydrogens is 284 g/mol. The standard InChI is InChI=1S/C15H20N4OS/c1-3-9-16-10-5-4-6-12-14(10)17-15(21-12)11-7-8-13(20-2)19-18-11/h7-8,10,16H,3-6,9H2,1-2H3. The van der Waals surface area contributed by atoms with Crippen LogP contribution in [-0.4, -0.2) is 28.8 Å². The number of ether oxygens (including phenoxy) is 1. The molecular formula is C15H20N4OS. The summed E-state index contributed by atoms with van der Waals surface area (Å²) in [6.07, 6.45) is 4.67. The van der Waals surface area contributed by atoms with Gasteiger partial charge in [-0.05, 0) is 38.3 Å². The van der Waals surface area contributed by atoms with E-state index in [-0.39, 0.29) is 0 Å². The van der Waals surface area contributed by atoms with Gasteiger partial charge in [-0.25, -0.2) is 4.98 Å². The fourth-order valence-electron chi connectivity index (χ4n) is 2.59. The summed E-state index contributed by atoms with van der Waals surface area (Å²) in [5, 5.41) is 12.8. The second-order valence-electron chi connectivity index (χ2n) is 5.19. The highest BCUT2D eigenvalue weighted by molar-refractivity contribution is 7.15. The summed E-state index contributed by atoms with van der Waals surface area (Å²) in [7, 11) is 1.59. The smallest absolute Gasteiger partial charge is 0.233 e. The van der Waals surface area contributed by atoms with Crippen molar-refractivity contribution in [2.24, 2.45) is 0 Å². The van der Waals surface area contributed by atoms with Crippen molar-refractivity contribution in [3.05, 3.63) is 22.7 Å². The van der Waals surface area contributed by atoms with Crippen molar-refractivity contribution in [2.75, 3.05) is 13.7 Å². The Morgan fingerprint density at radius 2 is 2.29 bits per heavy atom. The molecule has 1 aliphatic rings. The van der Waals surface area contributed by atoms with Gasteiger partial charge in [0.15, 0.2) is 0 Å². The van der Waals surface area contributed by atoms with Gasteiger partial charge in [0.2, 0.25) is 5.88 Å². The van der Waals surface area contributed by atoms with Gasteiger partial charge in [0.25, 0.3) is 0 Å². The van der Waals surface area contributed by atoms with Crippen LogP contribution in [0.3, 0.4) is 0 Å². The summed E-state index contributed by atoms with van der Waals surface area (Å²) in [6, 6.07) is 4.14. The maximum absolute atomic E-state index is 5.05. The van der Waals surface area contributed by atoms with Gasteiger partial charge in [-0.2, -0.15) is 0 Å². The van der Waals surface area contributed by atoms with Crippen LogP contribution < -0.4 is 10.1 Å². The lowest BCUT2D eigenvalue weighted by molar-refractivity contribution is 0.392. The number of methoxy groups -OCH3 is 1. The molecule has 3 rings (SSSR count). The lowest BCUT2D eigenvalue weighted by Gasteiger charge is -2.22. The van der Waals surface area contributed by atoms with Crippen LogP contribution in [0.15, 0.2) is 12.1 Å². The van der Waals surface area contributed by atoms with Gasteiger partial charge in [0.1, 0.15) is 10.7 Å². The van der Waals surface area contributed by atoms with E-state index in [9.17, 15) is 0 Å². The average Bonchev–Trinajstić information content (AvgIpc) is 2.97. The normalized spacial score (nSPS) is 17.5. The summed E-state index contributed by atoms with van der Waals surface area (Å²) in [5.41, 5.74) is 2.04. The molecule has 0 radical (unpaired) electrons. The first kappa shape index (κ1) is 14.4. The summed E-state index contributed by atoms with van der Waals surface area (Å²) in [6.45, 7) is 3.23. The zero-order valence-corrected chi connectivity index (χ0v) is 13.2. The molecule has 0 fully saturated rings. The molecule has 1 N–H and O–H groups in total. The number of rotatable bonds is 5. The van der Waals surface area contributed by atoms with E-state index in [0.717, 1.165) is 30.1 Å². The minimum absolute atomic E-state index is 0.393. The molecule has 2 aromatic heterocycles. The van der Waals surface area contributed by atoms with Crippen molar-refractivity contribution in [3.63, 3.8) is 0 Å². The van der Waals surface area contributed by atoms with Crippen molar-refractivity contribution in [1.29, 1.82) is 0 Å². The minimum atomic E-state index is 0.393. The SMILES string of the molecule is CCCNC1CCCc2sc(-c3ccc(OC)nn3)nc21. The molecule has 0 saturated heterocycles. The lowest BCUT2D eigenvalue weighted by Crippen LogP contribution is -2.25. The third-order valence-electron chi connectivity index (χ3n) is 3.66. The molecule has 21 heavy (non-hydrogen) atoms. The van der Waals surface area contributed by atoms with Crippen LogP contribution >= 0.6 is 11.3 Å². The molecule has 1 atom stereocenters. The van der Waals surface area contributed by atoms with Crippen molar-refractivity contribution < 1.29 is 4.74 Å². The highest BCUT2D eigenvalue weighted by Gasteiger charge is 2.24. The van der Waals surface area contributed by atoms with E-state index >= 15 is 0 Å². The van der Waals surface area contributed by atoms with Crippen molar-refractivity contribution in [2.45, 2.75) is 38.6 Å². The topological polar surface area (TPSA) is 59.9 Å². The number of nitrogens with one attached hydrogen (secondary N) is 1. The largest absolute Gasteiger partial charge is 0.480 e. The molecule has 0 amide bonds. The van der Waals surface area contributed by atoms with Crippen molar-refractivity contribution in [1.82, 2.24) is 20.5 Å². The second-order valence-corrected chi connectivity index (χ2v) is 6.27. The Morgan fingerprint density at radius 3 is 3.00 bits per heavy atom.